The highest BCUT2D eigenvalue weighted by molar-refractivity contribution is 6.31. The highest BCUT2D eigenvalue weighted by Gasteiger charge is 2.10. The summed E-state index contributed by atoms with van der Waals surface area (Å²) in [4.78, 5) is 35.9. The van der Waals surface area contributed by atoms with Gasteiger partial charge in [-0.3, -0.25) is 9.59 Å². The molecule has 0 atom stereocenters. The lowest BCUT2D eigenvalue weighted by molar-refractivity contribution is -0.115. The Balaban J connectivity index is 1.82. The lowest BCUT2D eigenvalue weighted by atomic mass is 10.1. The van der Waals surface area contributed by atoms with E-state index in [1.165, 1.54) is 0 Å². The molecule has 2 aromatic carbocycles. The minimum absolute atomic E-state index is 0.0565. The van der Waals surface area contributed by atoms with E-state index in [0.29, 0.717) is 22.8 Å². The van der Waals surface area contributed by atoms with Crippen molar-refractivity contribution < 1.29 is 14.4 Å². The second kappa shape index (κ2) is 10.5. The maximum absolute atomic E-state index is 12.2. The molecule has 0 bridgehead atoms. The monoisotopic (exact) mass is 416 g/mol. The Morgan fingerprint density at radius 1 is 1.00 bits per heavy atom. The molecule has 7 nitrogen and oxygen atoms in total. The molecule has 8 heteroatoms. The molecule has 154 valence electrons. The number of carbonyl (C=O) groups is 3. The second-order valence-corrected chi connectivity index (χ2v) is 7.23. The van der Waals surface area contributed by atoms with Crippen LogP contribution in [0.2, 0.25) is 5.02 Å². The van der Waals surface area contributed by atoms with Gasteiger partial charge in [0, 0.05) is 28.9 Å². The Labute approximate surface area is 175 Å². The van der Waals surface area contributed by atoms with Crippen LogP contribution in [0.3, 0.4) is 0 Å². The Hall–Kier alpha value is -3.06. The van der Waals surface area contributed by atoms with Gasteiger partial charge >= 0.3 is 6.03 Å². The first-order valence-electron chi connectivity index (χ1n) is 9.22. The van der Waals surface area contributed by atoms with Gasteiger partial charge in [0.2, 0.25) is 5.91 Å². The summed E-state index contributed by atoms with van der Waals surface area (Å²) >= 11 is 6.03. The van der Waals surface area contributed by atoms with E-state index in [2.05, 4.69) is 21.3 Å². The van der Waals surface area contributed by atoms with Gasteiger partial charge in [-0.15, -0.1) is 0 Å². The average molecular weight is 417 g/mol. The van der Waals surface area contributed by atoms with E-state index in [0.717, 1.165) is 11.1 Å². The quantitative estimate of drug-likeness (QED) is 0.557. The molecule has 0 radical (unpaired) electrons. The van der Waals surface area contributed by atoms with Crippen LogP contribution >= 0.6 is 11.6 Å². The normalized spacial score (nSPS) is 10.4. The predicted molar refractivity (Wildman–Crippen MR) is 114 cm³/mol. The topological polar surface area (TPSA) is 99.3 Å². The van der Waals surface area contributed by atoms with Crippen molar-refractivity contribution in [3.8, 4) is 0 Å². The maximum atomic E-state index is 12.2. The van der Waals surface area contributed by atoms with E-state index >= 15 is 0 Å². The zero-order valence-electron chi connectivity index (χ0n) is 16.6. The van der Waals surface area contributed by atoms with Crippen molar-refractivity contribution in [1.82, 2.24) is 16.0 Å². The van der Waals surface area contributed by atoms with Crippen LogP contribution in [0, 0.1) is 6.92 Å². The largest absolute Gasteiger partial charge is 0.343 e. The number of hydrogen-bond acceptors (Lipinski definition) is 3. The van der Waals surface area contributed by atoms with Crippen molar-refractivity contribution in [2.45, 2.75) is 33.4 Å². The minimum Gasteiger partial charge on any atom is -0.343 e. The van der Waals surface area contributed by atoms with Gasteiger partial charge in [0.05, 0.1) is 6.54 Å². The number of benzene rings is 2. The molecule has 2 rings (SSSR count). The molecule has 0 fully saturated rings. The molecule has 4 N–H and O–H groups in total. The smallest absolute Gasteiger partial charge is 0.315 e. The van der Waals surface area contributed by atoms with Crippen molar-refractivity contribution >= 4 is 35.1 Å². The van der Waals surface area contributed by atoms with Crippen LogP contribution < -0.4 is 21.3 Å². The van der Waals surface area contributed by atoms with E-state index in [1.54, 1.807) is 49.4 Å². The van der Waals surface area contributed by atoms with Crippen LogP contribution in [0.5, 0.6) is 0 Å². The molecule has 0 saturated heterocycles. The van der Waals surface area contributed by atoms with E-state index < -0.39 is 0 Å². The molecule has 0 spiro atoms. The fraction of sp³-hybridized carbons (Fsp3) is 0.286. The zero-order chi connectivity index (χ0) is 21.4. The van der Waals surface area contributed by atoms with Crippen molar-refractivity contribution in [3.63, 3.8) is 0 Å². The lowest BCUT2D eigenvalue weighted by Gasteiger charge is -2.11. The average Bonchev–Trinajstić information content (AvgIpc) is 2.68. The summed E-state index contributed by atoms with van der Waals surface area (Å²) in [6.45, 7) is 5.75. The Morgan fingerprint density at radius 2 is 1.69 bits per heavy atom. The summed E-state index contributed by atoms with van der Waals surface area (Å²) < 4.78 is 0. The van der Waals surface area contributed by atoms with Crippen molar-refractivity contribution in [2.24, 2.45) is 0 Å². The third-order valence-electron chi connectivity index (χ3n) is 4.04. The predicted octanol–water partition coefficient (Wildman–Crippen LogP) is 3.22. The maximum Gasteiger partial charge on any atom is 0.315 e. The number of anilines is 1. The SMILES string of the molecule is Cc1c(Cl)cccc1NC(=O)CNC(=O)c1ccc(CNC(=O)NC(C)C)cc1. The number of nitrogens with one attached hydrogen (secondary N) is 4. The summed E-state index contributed by atoms with van der Waals surface area (Å²) in [5, 5.41) is 11.3. The number of urea groups is 1. The van der Waals surface area contributed by atoms with Crippen LogP contribution in [-0.4, -0.2) is 30.4 Å². The molecule has 29 heavy (non-hydrogen) atoms. The van der Waals surface area contributed by atoms with Gasteiger partial charge in [0.1, 0.15) is 0 Å². The van der Waals surface area contributed by atoms with E-state index in [9.17, 15) is 14.4 Å². The molecule has 0 aromatic heterocycles. The Morgan fingerprint density at radius 3 is 2.34 bits per heavy atom. The highest BCUT2D eigenvalue weighted by atomic mass is 35.5. The highest BCUT2D eigenvalue weighted by Crippen LogP contribution is 2.22. The van der Waals surface area contributed by atoms with Crippen LogP contribution in [0.15, 0.2) is 42.5 Å². The molecule has 0 saturated carbocycles. The van der Waals surface area contributed by atoms with Gasteiger partial charge < -0.3 is 21.3 Å². The first-order chi connectivity index (χ1) is 13.8. The van der Waals surface area contributed by atoms with Gasteiger partial charge in [-0.2, -0.15) is 0 Å². The Bertz CT molecular complexity index is 882. The molecule has 0 aliphatic carbocycles. The number of hydrogen-bond donors (Lipinski definition) is 4. The number of rotatable bonds is 7. The molecule has 0 heterocycles. The van der Waals surface area contributed by atoms with Gasteiger partial charge in [0.25, 0.3) is 5.91 Å². The number of carbonyl (C=O) groups excluding carboxylic acids is 3. The third-order valence-corrected chi connectivity index (χ3v) is 4.45. The standard InChI is InChI=1S/C21H25ClN4O3/c1-13(2)25-21(29)24-11-15-7-9-16(10-8-15)20(28)23-12-19(27)26-18-6-4-5-17(22)14(18)3/h4-10,13H,11-12H2,1-3H3,(H,23,28)(H,26,27)(H2,24,25,29). The summed E-state index contributed by atoms with van der Waals surface area (Å²) in [6, 6.07) is 11.8. The van der Waals surface area contributed by atoms with Crippen LogP contribution in [-0.2, 0) is 11.3 Å². The van der Waals surface area contributed by atoms with Gasteiger partial charge in [-0.05, 0) is 56.2 Å². The van der Waals surface area contributed by atoms with Crippen molar-refractivity contribution in [2.75, 3.05) is 11.9 Å². The van der Waals surface area contributed by atoms with E-state index in [4.69, 9.17) is 11.6 Å². The van der Waals surface area contributed by atoms with Gasteiger partial charge in [-0.25, -0.2) is 4.79 Å². The first kappa shape index (κ1) is 22.2. The second-order valence-electron chi connectivity index (χ2n) is 6.82. The summed E-state index contributed by atoms with van der Waals surface area (Å²) in [5.41, 5.74) is 2.65. The van der Waals surface area contributed by atoms with E-state index in [-0.39, 0.29) is 30.4 Å². The molecule has 0 unspecified atom stereocenters. The fourth-order valence-electron chi connectivity index (χ4n) is 2.47. The summed E-state index contributed by atoms with van der Waals surface area (Å²) in [5.74, 6) is -0.708. The van der Waals surface area contributed by atoms with Gasteiger partial charge in [0.15, 0.2) is 0 Å². The van der Waals surface area contributed by atoms with Crippen molar-refractivity contribution in [1.29, 1.82) is 0 Å². The molecular formula is C21H25ClN4O3. The van der Waals surface area contributed by atoms with E-state index in [1.807, 2.05) is 13.8 Å². The fourth-order valence-corrected chi connectivity index (χ4v) is 2.64. The van der Waals surface area contributed by atoms with Crippen LogP contribution in [0.25, 0.3) is 0 Å². The molecule has 0 aliphatic rings. The van der Waals surface area contributed by atoms with Crippen LogP contribution in [0.1, 0.15) is 35.3 Å². The molecule has 2 aromatic rings. The van der Waals surface area contributed by atoms with Crippen molar-refractivity contribution in [3.05, 3.63) is 64.2 Å². The zero-order valence-corrected chi connectivity index (χ0v) is 17.4. The third kappa shape index (κ3) is 7.12. The molecule has 0 aliphatic heterocycles. The number of halogens is 1. The summed E-state index contributed by atoms with van der Waals surface area (Å²) in [6.07, 6.45) is 0. The van der Waals surface area contributed by atoms with Crippen LogP contribution in [0.4, 0.5) is 10.5 Å². The number of amides is 4. The summed E-state index contributed by atoms with van der Waals surface area (Å²) in [7, 11) is 0. The Kier molecular flexibility index (Phi) is 8.03. The van der Waals surface area contributed by atoms with Gasteiger partial charge in [-0.1, -0.05) is 29.8 Å². The first-order valence-corrected chi connectivity index (χ1v) is 9.60. The molecule has 4 amide bonds. The minimum atomic E-state index is -0.361. The lowest BCUT2D eigenvalue weighted by Crippen LogP contribution is -2.39. The molecular weight excluding hydrogens is 392 g/mol.